The van der Waals surface area contributed by atoms with Crippen LogP contribution in [0.25, 0.3) is 10.5 Å². The largest absolute Gasteiger partial charge is 0.218 e. The van der Waals surface area contributed by atoms with E-state index in [0.717, 1.165) is 16.7 Å². The van der Waals surface area contributed by atoms with Gasteiger partial charge in [0.25, 0.3) is 0 Å². The highest BCUT2D eigenvalue weighted by Gasteiger charge is 2.23. The molecular weight excluding hydrogens is 419 g/mol. The molecule has 32 heavy (non-hydrogen) atoms. The Balaban J connectivity index is 2.08. The van der Waals surface area contributed by atoms with Gasteiger partial charge in [-0.1, -0.05) is 96.2 Å². The second kappa shape index (κ2) is 9.19. The summed E-state index contributed by atoms with van der Waals surface area (Å²) >= 11 is 0. The maximum atomic E-state index is 13.7. The second-order valence-electron chi connectivity index (χ2n) is 7.38. The quantitative estimate of drug-likeness (QED) is 0.324. The van der Waals surface area contributed by atoms with Crippen LogP contribution in [0.4, 0.5) is 4.39 Å². The Kier molecular flexibility index (Phi) is 6.18. The average Bonchev–Trinajstić information content (AvgIpc) is 2.82. The Bertz CT molecular complexity index is 1340. The SMILES string of the molecule is Cc1ccc(S(=O)(=O)C(=C=C(c2ccccc2)c2ccccc2)c2ccc(F)cc2)cc1. The highest BCUT2D eigenvalue weighted by Crippen LogP contribution is 2.31. The van der Waals surface area contributed by atoms with E-state index < -0.39 is 15.7 Å². The van der Waals surface area contributed by atoms with Crippen molar-refractivity contribution >= 4 is 20.3 Å². The molecule has 0 saturated carbocycles. The van der Waals surface area contributed by atoms with E-state index in [1.54, 1.807) is 24.3 Å². The number of hydrogen-bond acceptors (Lipinski definition) is 2. The van der Waals surface area contributed by atoms with E-state index in [4.69, 9.17) is 0 Å². The van der Waals surface area contributed by atoms with Gasteiger partial charge >= 0.3 is 0 Å². The van der Waals surface area contributed by atoms with Crippen LogP contribution in [0.2, 0.25) is 0 Å². The van der Waals surface area contributed by atoms with E-state index in [0.29, 0.717) is 11.1 Å². The van der Waals surface area contributed by atoms with E-state index in [1.165, 1.54) is 24.3 Å². The number of hydrogen-bond donors (Lipinski definition) is 0. The highest BCUT2D eigenvalue weighted by molar-refractivity contribution is 8.00. The molecule has 2 nitrogen and oxygen atoms in total. The Morgan fingerprint density at radius 2 is 1.16 bits per heavy atom. The predicted molar refractivity (Wildman–Crippen MR) is 127 cm³/mol. The van der Waals surface area contributed by atoms with Crippen molar-refractivity contribution in [2.75, 3.05) is 0 Å². The van der Waals surface area contributed by atoms with E-state index in [1.807, 2.05) is 67.6 Å². The van der Waals surface area contributed by atoms with Crippen LogP contribution in [-0.4, -0.2) is 8.42 Å². The maximum Gasteiger partial charge on any atom is 0.214 e. The fraction of sp³-hybridized carbons (Fsp3) is 0.0357. The van der Waals surface area contributed by atoms with Crippen LogP contribution in [0.1, 0.15) is 22.3 Å². The van der Waals surface area contributed by atoms with Gasteiger partial charge in [0.05, 0.1) is 4.90 Å². The molecule has 4 aromatic carbocycles. The minimum atomic E-state index is -3.93. The lowest BCUT2D eigenvalue weighted by Crippen LogP contribution is -2.04. The van der Waals surface area contributed by atoms with Gasteiger partial charge in [-0.15, -0.1) is 0 Å². The lowest BCUT2D eigenvalue weighted by atomic mass is 9.98. The highest BCUT2D eigenvalue weighted by atomic mass is 32.2. The number of sulfone groups is 1. The molecular formula is C28H21FO2S. The standard InChI is InChI=1S/C28H21FO2S/c1-21-12-18-26(19-13-21)32(30,31)28(24-14-16-25(29)17-15-24)20-27(22-8-4-2-5-9-22)23-10-6-3-7-11-23/h2-19H,1H3. The number of benzene rings is 4. The summed E-state index contributed by atoms with van der Waals surface area (Å²) in [5, 5.41) is 0. The molecule has 0 aromatic heterocycles. The first kappa shape index (κ1) is 21.5. The van der Waals surface area contributed by atoms with Crippen molar-refractivity contribution in [3.63, 3.8) is 0 Å². The van der Waals surface area contributed by atoms with E-state index in [9.17, 15) is 12.8 Å². The molecule has 0 atom stereocenters. The van der Waals surface area contributed by atoms with E-state index >= 15 is 0 Å². The molecule has 0 amide bonds. The molecule has 0 N–H and O–H groups in total. The van der Waals surface area contributed by atoms with Crippen LogP contribution in [0.5, 0.6) is 0 Å². The molecule has 4 heteroatoms. The van der Waals surface area contributed by atoms with E-state index in [-0.39, 0.29) is 9.80 Å². The summed E-state index contributed by atoms with van der Waals surface area (Å²) in [5.41, 5.74) is 6.83. The zero-order valence-electron chi connectivity index (χ0n) is 17.5. The van der Waals surface area contributed by atoms with Gasteiger partial charge in [-0.25, -0.2) is 12.8 Å². The number of aryl methyl sites for hydroxylation is 1. The summed E-state index contributed by atoms with van der Waals surface area (Å²) in [5.74, 6) is -0.434. The maximum absolute atomic E-state index is 13.7. The zero-order chi connectivity index (χ0) is 22.6. The first-order valence-corrected chi connectivity index (χ1v) is 11.6. The van der Waals surface area contributed by atoms with Crippen LogP contribution in [0, 0.1) is 12.7 Å². The van der Waals surface area contributed by atoms with Crippen molar-refractivity contribution in [2.24, 2.45) is 0 Å². The Morgan fingerprint density at radius 1 is 0.656 bits per heavy atom. The average molecular weight is 441 g/mol. The Morgan fingerprint density at radius 3 is 1.66 bits per heavy atom. The number of halogens is 1. The van der Waals surface area contributed by atoms with Crippen LogP contribution in [0.15, 0.2) is 120 Å². The second-order valence-corrected chi connectivity index (χ2v) is 9.27. The Hall–Kier alpha value is -3.72. The summed E-state index contributed by atoms with van der Waals surface area (Å²) < 4.78 is 41.1. The van der Waals surface area contributed by atoms with Gasteiger partial charge in [-0.05, 0) is 42.3 Å². The molecule has 158 valence electrons. The normalized spacial score (nSPS) is 10.9. The molecule has 0 fully saturated rings. The van der Waals surface area contributed by atoms with Crippen molar-refractivity contribution < 1.29 is 12.8 Å². The van der Waals surface area contributed by atoms with Gasteiger partial charge in [0.1, 0.15) is 10.7 Å². The van der Waals surface area contributed by atoms with Crippen molar-refractivity contribution in [3.8, 4) is 0 Å². The molecule has 0 aliphatic carbocycles. The molecule has 0 bridgehead atoms. The third-order valence-electron chi connectivity index (χ3n) is 5.07. The summed E-state index contributed by atoms with van der Waals surface area (Å²) in [6.45, 7) is 1.90. The molecule has 0 unspecified atom stereocenters. The summed E-state index contributed by atoms with van der Waals surface area (Å²) in [4.78, 5) is 0.152. The molecule has 0 saturated heterocycles. The van der Waals surface area contributed by atoms with Gasteiger partial charge in [0, 0.05) is 11.1 Å². The van der Waals surface area contributed by atoms with Gasteiger partial charge in [0.2, 0.25) is 9.84 Å². The van der Waals surface area contributed by atoms with Crippen molar-refractivity contribution in [1.82, 2.24) is 0 Å². The fourth-order valence-corrected chi connectivity index (χ4v) is 4.78. The van der Waals surface area contributed by atoms with Crippen molar-refractivity contribution in [1.29, 1.82) is 0 Å². The van der Waals surface area contributed by atoms with Crippen molar-refractivity contribution in [3.05, 3.63) is 143 Å². The monoisotopic (exact) mass is 440 g/mol. The van der Waals surface area contributed by atoms with Crippen LogP contribution >= 0.6 is 0 Å². The molecule has 0 heterocycles. The third-order valence-corrected chi connectivity index (χ3v) is 6.84. The molecule has 0 radical (unpaired) electrons. The van der Waals surface area contributed by atoms with Gasteiger partial charge in [0.15, 0.2) is 0 Å². The lowest BCUT2D eigenvalue weighted by molar-refractivity contribution is 0.605. The molecule has 0 spiro atoms. The van der Waals surface area contributed by atoms with Crippen LogP contribution in [-0.2, 0) is 9.84 Å². The molecule has 0 aliphatic rings. The van der Waals surface area contributed by atoms with E-state index in [2.05, 4.69) is 5.73 Å². The van der Waals surface area contributed by atoms with Gasteiger partial charge < -0.3 is 0 Å². The lowest BCUT2D eigenvalue weighted by Gasteiger charge is -2.11. The smallest absolute Gasteiger partial charge is 0.214 e. The van der Waals surface area contributed by atoms with Crippen LogP contribution in [0.3, 0.4) is 0 Å². The van der Waals surface area contributed by atoms with Gasteiger partial charge in [-0.2, -0.15) is 0 Å². The first-order chi connectivity index (χ1) is 15.4. The Labute approximate surface area is 187 Å². The first-order valence-electron chi connectivity index (χ1n) is 10.1. The van der Waals surface area contributed by atoms with Gasteiger partial charge in [-0.3, -0.25) is 0 Å². The topological polar surface area (TPSA) is 34.1 Å². The number of rotatable bonds is 5. The minimum absolute atomic E-state index is 0.0101. The summed E-state index contributed by atoms with van der Waals surface area (Å²) in [6, 6.07) is 31.2. The zero-order valence-corrected chi connectivity index (χ0v) is 18.3. The predicted octanol–water partition coefficient (Wildman–Crippen LogP) is 6.68. The summed E-state index contributed by atoms with van der Waals surface area (Å²) in [7, 11) is -3.93. The third kappa shape index (κ3) is 4.62. The molecule has 4 aromatic rings. The summed E-state index contributed by atoms with van der Waals surface area (Å²) in [6.07, 6.45) is 0. The minimum Gasteiger partial charge on any atom is -0.218 e. The van der Waals surface area contributed by atoms with Crippen molar-refractivity contribution in [2.45, 2.75) is 11.8 Å². The molecule has 4 rings (SSSR count). The fourth-order valence-electron chi connectivity index (χ4n) is 3.37. The molecule has 0 aliphatic heterocycles. The van der Waals surface area contributed by atoms with Crippen LogP contribution < -0.4 is 0 Å².